The molecule has 1 aliphatic carbocycles. The first-order valence-corrected chi connectivity index (χ1v) is 25.9. The van der Waals surface area contributed by atoms with Gasteiger partial charge in [0, 0.05) is 37.1 Å². The van der Waals surface area contributed by atoms with E-state index in [-0.39, 0.29) is 50.0 Å². The lowest BCUT2D eigenvalue weighted by atomic mass is 10.0. The number of para-hydroxylation sites is 1. The molecule has 0 radical (unpaired) electrons. The molecule has 0 aromatic heterocycles. The van der Waals surface area contributed by atoms with Gasteiger partial charge in [0.2, 0.25) is 11.8 Å². The number of hydrogen-bond donors (Lipinski definition) is 2. The minimum absolute atomic E-state index is 0.0172. The topological polar surface area (TPSA) is 199 Å². The fourth-order valence-corrected chi connectivity index (χ4v) is 7.09. The second kappa shape index (κ2) is 42.8. The molecule has 3 amide bonds. The number of alkyl carbamates (subject to hydrolysis) is 1. The Morgan fingerprint density at radius 1 is 0.466 bits per heavy atom. The molecule has 408 valence electrons. The van der Waals surface area contributed by atoms with E-state index in [9.17, 15) is 14.4 Å². The van der Waals surface area contributed by atoms with Crippen LogP contribution >= 0.6 is 0 Å². The zero-order valence-corrected chi connectivity index (χ0v) is 42.9. The summed E-state index contributed by atoms with van der Waals surface area (Å²) in [7, 11) is 0. The van der Waals surface area contributed by atoms with Gasteiger partial charge in [-0.1, -0.05) is 54.3 Å². The van der Waals surface area contributed by atoms with Gasteiger partial charge in [-0.05, 0) is 55.9 Å². The molecule has 1 heterocycles. The van der Waals surface area contributed by atoms with Crippen LogP contribution < -0.4 is 15.5 Å². The van der Waals surface area contributed by atoms with Crippen molar-refractivity contribution in [3.05, 3.63) is 77.4 Å². The number of allylic oxidation sites excluding steroid dienone is 2. The molecule has 4 rings (SSSR count). The molecule has 19 nitrogen and oxygen atoms in total. The van der Waals surface area contributed by atoms with E-state index in [1.807, 2.05) is 48.5 Å². The van der Waals surface area contributed by atoms with E-state index in [1.165, 1.54) is 0 Å². The van der Waals surface area contributed by atoms with E-state index in [2.05, 4.69) is 34.6 Å². The molecule has 2 aliphatic rings. The molecule has 2 aromatic rings. The van der Waals surface area contributed by atoms with Crippen molar-refractivity contribution in [1.29, 1.82) is 0 Å². The van der Waals surface area contributed by atoms with E-state index in [0.29, 0.717) is 165 Å². The number of rotatable bonds is 43. The largest absolute Gasteiger partial charge is 0.446 e. The first kappa shape index (κ1) is 61.0. The quantitative estimate of drug-likeness (QED) is 0.0529. The van der Waals surface area contributed by atoms with Crippen LogP contribution in [0.1, 0.15) is 61.6 Å². The Kier molecular flexibility index (Phi) is 35.8. The van der Waals surface area contributed by atoms with Crippen LogP contribution in [0.15, 0.2) is 60.7 Å². The van der Waals surface area contributed by atoms with E-state index >= 15 is 0 Å². The Morgan fingerprint density at radius 3 is 1.44 bits per heavy atom. The molecule has 0 spiro atoms. The molecule has 1 aliphatic heterocycles. The summed E-state index contributed by atoms with van der Waals surface area (Å²) in [4.78, 5) is 39.4. The van der Waals surface area contributed by atoms with Crippen molar-refractivity contribution >= 4 is 23.6 Å². The number of amides is 3. The second-order valence-electron chi connectivity index (χ2n) is 16.5. The minimum Gasteiger partial charge on any atom is -0.446 e. The molecule has 0 bridgehead atoms. The highest BCUT2D eigenvalue weighted by molar-refractivity contribution is 5.95. The molecule has 19 heteroatoms. The van der Waals surface area contributed by atoms with Gasteiger partial charge in [0.05, 0.1) is 171 Å². The van der Waals surface area contributed by atoms with Gasteiger partial charge in [0.25, 0.3) is 0 Å². The summed E-state index contributed by atoms with van der Waals surface area (Å²) in [6.45, 7) is 11.7. The van der Waals surface area contributed by atoms with E-state index in [1.54, 1.807) is 4.90 Å². The number of anilines is 1. The number of ether oxygens (including phenoxy) is 13. The van der Waals surface area contributed by atoms with Gasteiger partial charge in [-0.15, -0.1) is 0 Å². The predicted octanol–water partition coefficient (Wildman–Crippen LogP) is 4.64. The molecular weight excluding hydrogens is 947 g/mol. The van der Waals surface area contributed by atoms with Crippen molar-refractivity contribution in [3.8, 4) is 11.8 Å². The maximum absolute atomic E-state index is 13.3. The zero-order chi connectivity index (χ0) is 51.3. The van der Waals surface area contributed by atoms with Crippen LogP contribution in [-0.4, -0.2) is 196 Å². The summed E-state index contributed by atoms with van der Waals surface area (Å²) >= 11 is 0. The van der Waals surface area contributed by atoms with Crippen molar-refractivity contribution in [3.63, 3.8) is 0 Å². The van der Waals surface area contributed by atoms with Gasteiger partial charge in [-0.2, -0.15) is 0 Å². The highest BCUT2D eigenvalue weighted by atomic mass is 16.6. The summed E-state index contributed by atoms with van der Waals surface area (Å²) < 4.78 is 71.7. The van der Waals surface area contributed by atoms with Crippen LogP contribution in [0.5, 0.6) is 0 Å². The van der Waals surface area contributed by atoms with Gasteiger partial charge in [0.1, 0.15) is 6.10 Å². The van der Waals surface area contributed by atoms with Crippen LogP contribution in [0.25, 0.3) is 0 Å². The Balaban J connectivity index is 0.771. The molecule has 0 saturated heterocycles. The molecule has 73 heavy (non-hydrogen) atoms. The number of nitrogens with zero attached hydrogens (tertiary/aromatic N) is 1. The van der Waals surface area contributed by atoms with Gasteiger partial charge >= 0.3 is 6.09 Å². The van der Waals surface area contributed by atoms with Crippen molar-refractivity contribution < 1.29 is 76.0 Å². The summed E-state index contributed by atoms with van der Waals surface area (Å²) in [5.41, 5.74) is 3.45. The van der Waals surface area contributed by atoms with Crippen LogP contribution in [0.4, 0.5) is 10.5 Å². The van der Waals surface area contributed by atoms with Gasteiger partial charge in [-0.25, -0.2) is 4.79 Å². The predicted molar refractivity (Wildman–Crippen MR) is 273 cm³/mol. The number of hydrogen-bond acceptors (Lipinski definition) is 16. The van der Waals surface area contributed by atoms with Crippen molar-refractivity contribution in [2.24, 2.45) is 0 Å². The molecule has 2 N–H and O–H groups in total. The lowest BCUT2D eigenvalue weighted by Crippen LogP contribution is -2.35. The highest BCUT2D eigenvalue weighted by Gasteiger charge is 2.21. The smallest absolute Gasteiger partial charge is 0.407 e. The van der Waals surface area contributed by atoms with E-state index in [4.69, 9.17) is 61.6 Å². The van der Waals surface area contributed by atoms with Crippen molar-refractivity contribution in [2.75, 3.05) is 177 Å². The Hall–Kier alpha value is -4.53. The van der Waals surface area contributed by atoms with E-state index in [0.717, 1.165) is 54.5 Å². The van der Waals surface area contributed by atoms with Crippen LogP contribution in [0.3, 0.4) is 0 Å². The second-order valence-corrected chi connectivity index (χ2v) is 16.5. The number of carbonyl (C=O) groups excluding carboxylic acids is 3. The van der Waals surface area contributed by atoms with Crippen molar-refractivity contribution in [2.45, 2.75) is 57.6 Å². The third kappa shape index (κ3) is 31.1. The highest BCUT2D eigenvalue weighted by Crippen LogP contribution is 2.26. The fraction of sp³-hybridized carbons (Fsp3) is 0.648. The molecule has 2 aromatic carbocycles. The van der Waals surface area contributed by atoms with Crippen molar-refractivity contribution in [1.82, 2.24) is 10.6 Å². The molecule has 1 atom stereocenters. The standard InChI is InChI=1S/C54H81N3O16/c58-52(55-20-18-53(59)57-46-49-12-7-6-10-47(49)16-17-48-11-8-9-15-51(48)57)19-22-61-24-26-63-28-30-65-32-34-67-36-38-69-40-42-71-44-45-72-43-41-70-39-37-68-35-33-66-31-29-64-27-25-62-23-21-56-54(60)73-50-13-4-2-1-3-5-14-50/h1-2,6-12,15,50H,3-5,13-14,18-46H2,(H,55,58)(H,56,60). The number of nitrogens with one attached hydrogen (secondary N) is 2. The summed E-state index contributed by atoms with van der Waals surface area (Å²) in [5, 5.41) is 5.56. The lowest BCUT2D eigenvalue weighted by molar-refractivity contribution is -0.122. The lowest BCUT2D eigenvalue weighted by Gasteiger charge is -2.26. The molecule has 1 unspecified atom stereocenters. The maximum Gasteiger partial charge on any atom is 0.407 e. The zero-order valence-electron chi connectivity index (χ0n) is 42.9. The summed E-state index contributed by atoms with van der Waals surface area (Å²) in [6, 6.07) is 15.5. The minimum atomic E-state index is -0.384. The first-order chi connectivity index (χ1) is 36.1. The molecule has 0 fully saturated rings. The third-order valence-corrected chi connectivity index (χ3v) is 10.9. The Bertz CT molecular complexity index is 1840. The SMILES string of the molecule is O=C(CCOCCOCCOCCOCCOCCOCCOCCOCCOCCOCCOCCOCCNC(=O)OC1CCC=CCCC1)NCCC(=O)N1Cc2ccccc2C#Cc2ccccc21. The fourth-order valence-electron chi connectivity index (χ4n) is 7.09. The maximum atomic E-state index is 13.3. The summed E-state index contributed by atoms with van der Waals surface area (Å²) in [6.07, 6.45) is 9.11. The summed E-state index contributed by atoms with van der Waals surface area (Å²) in [5.74, 6) is 6.16. The van der Waals surface area contributed by atoms with Gasteiger partial charge < -0.3 is 77.1 Å². The average molecular weight is 1030 g/mol. The monoisotopic (exact) mass is 1030 g/mol. The molecule has 0 saturated carbocycles. The van der Waals surface area contributed by atoms with Gasteiger partial charge in [0.15, 0.2) is 0 Å². The normalized spacial score (nSPS) is 14.2. The van der Waals surface area contributed by atoms with Crippen LogP contribution in [-0.2, 0) is 77.7 Å². The number of benzene rings is 2. The Labute approximate surface area is 432 Å². The first-order valence-electron chi connectivity index (χ1n) is 25.9. The van der Waals surface area contributed by atoms with E-state index < -0.39 is 0 Å². The van der Waals surface area contributed by atoms with Crippen LogP contribution in [0.2, 0.25) is 0 Å². The number of carbonyl (C=O) groups is 3. The molecular formula is C54H81N3O16. The Morgan fingerprint density at radius 2 is 0.904 bits per heavy atom. The van der Waals surface area contributed by atoms with Gasteiger partial charge in [-0.3, -0.25) is 9.59 Å². The van der Waals surface area contributed by atoms with Crippen LogP contribution in [0, 0.1) is 11.8 Å². The third-order valence-electron chi connectivity index (χ3n) is 10.9. The average Bonchev–Trinajstić information content (AvgIpc) is 3.38. The number of fused-ring (bicyclic) bond motifs is 2.